The van der Waals surface area contributed by atoms with E-state index < -0.39 is 0 Å². The van der Waals surface area contributed by atoms with Gasteiger partial charge >= 0.3 is 0 Å². The predicted octanol–water partition coefficient (Wildman–Crippen LogP) is 1.12. The highest BCUT2D eigenvalue weighted by Crippen LogP contribution is 2.06. The first-order valence-electron chi connectivity index (χ1n) is 2.44. The van der Waals surface area contributed by atoms with E-state index in [-0.39, 0.29) is 5.91 Å². The predicted molar refractivity (Wildman–Crippen MR) is 39.5 cm³/mol. The Balaban J connectivity index is 2.60. The van der Waals surface area contributed by atoms with Gasteiger partial charge in [0.2, 0.25) is 0 Å². The molecular formula is C5H6INO. The van der Waals surface area contributed by atoms with Gasteiger partial charge in [0.15, 0.2) is 0 Å². The first kappa shape index (κ1) is 6.07. The Kier molecular flexibility index (Phi) is 1.88. The molecule has 0 fully saturated rings. The van der Waals surface area contributed by atoms with E-state index in [0.29, 0.717) is 0 Å². The summed E-state index contributed by atoms with van der Waals surface area (Å²) >= 11 is 2.02. The Bertz CT molecular complexity index is 132. The summed E-state index contributed by atoms with van der Waals surface area (Å²) < 4.78 is 1.68. The molecule has 0 aromatic carbocycles. The molecule has 0 unspecified atom stereocenters. The average Bonchev–Trinajstić information content (AvgIpc) is 1.77. The Morgan fingerprint density at radius 1 is 1.75 bits per heavy atom. The second-order valence-corrected chi connectivity index (χ2v) is 2.78. The van der Waals surface area contributed by atoms with E-state index in [9.17, 15) is 4.79 Å². The molecule has 1 aliphatic heterocycles. The van der Waals surface area contributed by atoms with Crippen molar-refractivity contribution in [3.05, 3.63) is 12.2 Å². The molecule has 1 rings (SSSR count). The van der Waals surface area contributed by atoms with Crippen LogP contribution in [-0.4, -0.2) is 15.6 Å². The van der Waals surface area contributed by atoms with E-state index in [1.54, 1.807) is 9.19 Å². The van der Waals surface area contributed by atoms with Gasteiger partial charge in [0.25, 0.3) is 5.91 Å². The molecule has 0 atom stereocenters. The third-order valence-corrected chi connectivity index (χ3v) is 1.95. The van der Waals surface area contributed by atoms with Gasteiger partial charge < -0.3 is 0 Å². The van der Waals surface area contributed by atoms with E-state index in [2.05, 4.69) is 0 Å². The lowest BCUT2D eigenvalue weighted by molar-refractivity contribution is -0.120. The number of halogens is 1. The molecule has 0 saturated carbocycles. The fraction of sp³-hybridized carbons (Fsp3) is 0.400. The molecule has 8 heavy (non-hydrogen) atoms. The molecule has 44 valence electrons. The second kappa shape index (κ2) is 2.48. The second-order valence-electron chi connectivity index (χ2n) is 1.62. The third-order valence-electron chi connectivity index (χ3n) is 0.992. The fourth-order valence-corrected chi connectivity index (χ4v) is 1.00. The maximum absolute atomic E-state index is 10.6. The molecule has 0 bridgehead atoms. The lowest BCUT2D eigenvalue weighted by Gasteiger charge is -2.13. The van der Waals surface area contributed by atoms with Crippen LogP contribution < -0.4 is 0 Å². The summed E-state index contributed by atoms with van der Waals surface area (Å²) in [6.07, 6.45) is 4.50. The highest BCUT2D eigenvalue weighted by molar-refractivity contribution is 14.1. The van der Waals surface area contributed by atoms with Crippen LogP contribution >= 0.6 is 22.9 Å². The quantitative estimate of drug-likeness (QED) is 0.445. The minimum atomic E-state index is 0.108. The van der Waals surface area contributed by atoms with Crippen molar-refractivity contribution < 1.29 is 4.79 Å². The van der Waals surface area contributed by atoms with Crippen LogP contribution in [0.2, 0.25) is 0 Å². The van der Waals surface area contributed by atoms with Crippen molar-refractivity contribution in [2.24, 2.45) is 0 Å². The van der Waals surface area contributed by atoms with E-state index in [4.69, 9.17) is 0 Å². The van der Waals surface area contributed by atoms with Crippen LogP contribution in [0.15, 0.2) is 12.2 Å². The number of rotatable bonds is 0. The summed E-state index contributed by atoms with van der Waals surface area (Å²) in [5.74, 6) is 0.108. The highest BCUT2D eigenvalue weighted by atomic mass is 127. The largest absolute Gasteiger partial charge is 0.281 e. The first-order chi connectivity index (χ1) is 3.80. The van der Waals surface area contributed by atoms with Crippen LogP contribution in [0.3, 0.4) is 0 Å². The summed E-state index contributed by atoms with van der Waals surface area (Å²) in [4.78, 5) is 10.6. The van der Waals surface area contributed by atoms with Crippen molar-refractivity contribution in [1.29, 1.82) is 0 Å². The van der Waals surface area contributed by atoms with Gasteiger partial charge in [-0.3, -0.25) is 7.91 Å². The van der Waals surface area contributed by atoms with Gasteiger partial charge in [0, 0.05) is 6.54 Å². The summed E-state index contributed by atoms with van der Waals surface area (Å²) in [5.41, 5.74) is 0. The van der Waals surface area contributed by atoms with Crippen molar-refractivity contribution in [3.8, 4) is 0 Å². The fourth-order valence-electron chi connectivity index (χ4n) is 0.563. The smallest absolute Gasteiger partial charge is 0.254 e. The number of nitrogens with zero attached hydrogens (tertiary/aromatic N) is 1. The molecular weight excluding hydrogens is 217 g/mol. The number of amides is 1. The molecule has 3 heteroatoms. The standard InChI is InChI=1S/C5H6INO/c6-7-4-2-1-3-5(7)8/h1,3H,2,4H2. The van der Waals surface area contributed by atoms with Crippen LogP contribution in [-0.2, 0) is 4.79 Å². The van der Waals surface area contributed by atoms with Crippen molar-refractivity contribution in [1.82, 2.24) is 3.11 Å². The lowest BCUT2D eigenvalue weighted by Crippen LogP contribution is -2.22. The van der Waals surface area contributed by atoms with E-state index in [1.807, 2.05) is 28.9 Å². The van der Waals surface area contributed by atoms with Gasteiger partial charge in [-0.15, -0.1) is 0 Å². The monoisotopic (exact) mass is 223 g/mol. The number of hydrogen-bond donors (Lipinski definition) is 0. The van der Waals surface area contributed by atoms with E-state index in [1.165, 1.54) is 0 Å². The molecule has 1 heterocycles. The molecule has 2 nitrogen and oxygen atoms in total. The first-order valence-corrected chi connectivity index (χ1v) is 3.41. The Labute approximate surface area is 62.0 Å². The molecule has 0 aromatic heterocycles. The molecule has 0 spiro atoms. The van der Waals surface area contributed by atoms with Gasteiger partial charge in [-0.1, -0.05) is 6.08 Å². The summed E-state index contributed by atoms with van der Waals surface area (Å²) in [7, 11) is 0. The van der Waals surface area contributed by atoms with E-state index >= 15 is 0 Å². The summed E-state index contributed by atoms with van der Waals surface area (Å²) in [6, 6.07) is 0. The summed E-state index contributed by atoms with van der Waals surface area (Å²) in [5, 5.41) is 0. The SMILES string of the molecule is O=C1C=CCCN1I. The zero-order chi connectivity index (χ0) is 5.98. The van der Waals surface area contributed by atoms with E-state index in [0.717, 1.165) is 13.0 Å². The van der Waals surface area contributed by atoms with Crippen LogP contribution in [0.4, 0.5) is 0 Å². The van der Waals surface area contributed by atoms with Crippen molar-refractivity contribution in [2.75, 3.05) is 6.54 Å². The molecule has 1 amide bonds. The molecule has 0 aliphatic carbocycles. The molecule has 0 N–H and O–H groups in total. The summed E-state index contributed by atoms with van der Waals surface area (Å²) in [6.45, 7) is 0.857. The number of hydrogen-bond acceptors (Lipinski definition) is 1. The lowest BCUT2D eigenvalue weighted by atomic mass is 10.3. The Hall–Kier alpha value is -0.0600. The molecule has 0 radical (unpaired) electrons. The third kappa shape index (κ3) is 1.21. The van der Waals surface area contributed by atoms with Gasteiger partial charge in [-0.25, -0.2) is 0 Å². The van der Waals surface area contributed by atoms with Gasteiger partial charge in [-0.2, -0.15) is 0 Å². The van der Waals surface area contributed by atoms with Crippen LogP contribution in [0, 0.1) is 0 Å². The molecule has 1 aliphatic rings. The maximum Gasteiger partial charge on any atom is 0.254 e. The van der Waals surface area contributed by atoms with Crippen molar-refractivity contribution >= 4 is 28.8 Å². The van der Waals surface area contributed by atoms with Crippen LogP contribution in [0.1, 0.15) is 6.42 Å². The van der Waals surface area contributed by atoms with Crippen LogP contribution in [0.5, 0.6) is 0 Å². The topological polar surface area (TPSA) is 20.3 Å². The normalized spacial score (nSPS) is 19.6. The minimum Gasteiger partial charge on any atom is -0.281 e. The Morgan fingerprint density at radius 3 is 2.88 bits per heavy atom. The maximum atomic E-state index is 10.6. The Morgan fingerprint density at radius 2 is 2.50 bits per heavy atom. The van der Waals surface area contributed by atoms with Gasteiger partial charge in [0.05, 0.1) is 22.9 Å². The number of carbonyl (C=O) groups is 1. The van der Waals surface area contributed by atoms with Gasteiger partial charge in [0.1, 0.15) is 0 Å². The zero-order valence-corrected chi connectivity index (χ0v) is 6.46. The van der Waals surface area contributed by atoms with Gasteiger partial charge in [-0.05, 0) is 12.5 Å². The zero-order valence-electron chi connectivity index (χ0n) is 4.30. The van der Waals surface area contributed by atoms with Crippen LogP contribution in [0.25, 0.3) is 0 Å². The average molecular weight is 223 g/mol. The molecule has 0 saturated heterocycles. The number of carbonyl (C=O) groups excluding carboxylic acids is 1. The molecule has 0 aromatic rings. The highest BCUT2D eigenvalue weighted by Gasteiger charge is 2.07. The van der Waals surface area contributed by atoms with Crippen molar-refractivity contribution in [3.63, 3.8) is 0 Å². The minimum absolute atomic E-state index is 0.108. The van der Waals surface area contributed by atoms with Crippen molar-refractivity contribution in [2.45, 2.75) is 6.42 Å².